The molecule has 1 aliphatic heterocycles. The minimum atomic E-state index is 0.0599. The van der Waals surface area contributed by atoms with E-state index in [1.807, 2.05) is 35.9 Å². The number of nitrogens with zero attached hydrogens (tertiary/aromatic N) is 4. The highest BCUT2D eigenvalue weighted by Gasteiger charge is 2.26. The molecule has 0 spiro atoms. The van der Waals surface area contributed by atoms with E-state index in [2.05, 4.69) is 10.1 Å². The number of anilines is 1. The molecule has 0 aliphatic carbocycles. The number of amides is 1. The first kappa shape index (κ1) is 15.0. The first-order chi connectivity index (χ1) is 11.6. The molecule has 24 heavy (non-hydrogen) atoms. The molecule has 3 heterocycles. The lowest BCUT2D eigenvalue weighted by Gasteiger charge is -2.26. The van der Waals surface area contributed by atoms with Gasteiger partial charge in [0.2, 0.25) is 11.8 Å². The number of fused-ring (bicyclic) bond motifs is 1. The van der Waals surface area contributed by atoms with Crippen LogP contribution in [0.3, 0.4) is 0 Å². The maximum atomic E-state index is 12.3. The maximum absolute atomic E-state index is 12.3. The van der Waals surface area contributed by atoms with Crippen molar-refractivity contribution in [1.29, 1.82) is 0 Å². The number of carbonyl (C=O) groups excluding carboxylic acids is 1. The number of halogens is 1. The van der Waals surface area contributed by atoms with Gasteiger partial charge in [-0.1, -0.05) is 23.7 Å². The van der Waals surface area contributed by atoms with Gasteiger partial charge in [0.05, 0.1) is 29.9 Å². The van der Waals surface area contributed by atoms with E-state index in [1.54, 1.807) is 17.2 Å². The molecule has 0 fully saturated rings. The molecule has 7 heteroatoms. The van der Waals surface area contributed by atoms with Gasteiger partial charge in [0.15, 0.2) is 0 Å². The van der Waals surface area contributed by atoms with Crippen LogP contribution in [0.1, 0.15) is 17.9 Å². The topological polar surface area (TPSA) is 64.2 Å². The van der Waals surface area contributed by atoms with Crippen LogP contribution in [0.15, 0.2) is 40.9 Å². The van der Waals surface area contributed by atoms with E-state index in [1.165, 1.54) is 0 Å². The lowest BCUT2D eigenvalue weighted by Crippen LogP contribution is -2.37. The second-order valence-electron chi connectivity index (χ2n) is 5.64. The Bertz CT molecular complexity index is 915. The van der Waals surface area contributed by atoms with Crippen LogP contribution in [0.4, 0.5) is 5.82 Å². The minimum absolute atomic E-state index is 0.0599. The molecular formula is C17H15ClN4O2. The molecule has 122 valence electrons. The van der Waals surface area contributed by atoms with Gasteiger partial charge in [0.25, 0.3) is 0 Å². The molecule has 6 nitrogen and oxygen atoms in total. The Hall–Kier alpha value is -2.60. The lowest BCUT2D eigenvalue weighted by molar-refractivity contribution is -0.119. The average Bonchev–Trinajstić information content (AvgIpc) is 3.17. The predicted molar refractivity (Wildman–Crippen MR) is 89.7 cm³/mol. The fourth-order valence-electron chi connectivity index (χ4n) is 2.84. The summed E-state index contributed by atoms with van der Waals surface area (Å²) in [5.74, 6) is 1.98. The number of benzene rings is 1. The third-order valence-corrected chi connectivity index (χ3v) is 4.44. The molecule has 0 radical (unpaired) electrons. The van der Waals surface area contributed by atoms with E-state index in [4.69, 9.17) is 16.0 Å². The van der Waals surface area contributed by atoms with Gasteiger partial charge < -0.3 is 4.42 Å². The standard InChI is InChI=1S/C17H15ClN4O2/c1-11-14(20-17(24-11)12-4-2-3-5-13(12)18)10-21-15-6-8-19-22(15)9-7-16(21)23/h2-6,8H,7,9-10H2,1H3. The molecule has 0 N–H and O–H groups in total. The average molecular weight is 343 g/mol. The number of aryl methyl sites for hydroxylation is 2. The number of hydrogen-bond donors (Lipinski definition) is 0. The molecule has 0 saturated heterocycles. The van der Waals surface area contributed by atoms with Crippen LogP contribution in [-0.2, 0) is 17.9 Å². The van der Waals surface area contributed by atoms with Crippen molar-refractivity contribution in [3.05, 3.63) is 53.0 Å². The highest BCUT2D eigenvalue weighted by molar-refractivity contribution is 6.33. The summed E-state index contributed by atoms with van der Waals surface area (Å²) in [6.07, 6.45) is 2.13. The van der Waals surface area contributed by atoms with Crippen molar-refractivity contribution >= 4 is 23.3 Å². The Morgan fingerprint density at radius 2 is 2.12 bits per heavy atom. The second kappa shape index (κ2) is 5.79. The van der Waals surface area contributed by atoms with Gasteiger partial charge in [-0.25, -0.2) is 9.67 Å². The summed E-state index contributed by atoms with van der Waals surface area (Å²) in [5.41, 5.74) is 1.46. The molecule has 0 unspecified atom stereocenters. The van der Waals surface area contributed by atoms with Crippen LogP contribution >= 0.6 is 11.6 Å². The van der Waals surface area contributed by atoms with Crippen LogP contribution in [-0.4, -0.2) is 20.7 Å². The summed E-state index contributed by atoms with van der Waals surface area (Å²) >= 11 is 6.21. The largest absolute Gasteiger partial charge is 0.441 e. The zero-order chi connectivity index (χ0) is 16.7. The first-order valence-corrected chi connectivity index (χ1v) is 8.04. The lowest BCUT2D eigenvalue weighted by atomic mass is 10.2. The van der Waals surface area contributed by atoms with Crippen LogP contribution < -0.4 is 4.90 Å². The van der Waals surface area contributed by atoms with Crippen molar-refractivity contribution in [3.63, 3.8) is 0 Å². The Morgan fingerprint density at radius 3 is 2.96 bits per heavy atom. The summed E-state index contributed by atoms with van der Waals surface area (Å²) in [4.78, 5) is 18.6. The van der Waals surface area contributed by atoms with E-state index in [9.17, 15) is 4.79 Å². The van der Waals surface area contributed by atoms with Crippen LogP contribution in [0.2, 0.25) is 5.02 Å². The van der Waals surface area contributed by atoms with Crippen molar-refractivity contribution in [2.45, 2.75) is 26.4 Å². The number of hydrogen-bond acceptors (Lipinski definition) is 4. The van der Waals surface area contributed by atoms with Gasteiger partial charge in [-0.3, -0.25) is 9.69 Å². The highest BCUT2D eigenvalue weighted by atomic mass is 35.5. The molecular weight excluding hydrogens is 328 g/mol. The van der Waals surface area contributed by atoms with Crippen LogP contribution in [0.25, 0.3) is 11.5 Å². The Labute approximate surface area is 143 Å². The number of carbonyl (C=O) groups is 1. The molecule has 0 atom stereocenters. The van der Waals surface area contributed by atoms with E-state index in [0.717, 1.165) is 11.4 Å². The fraction of sp³-hybridized carbons (Fsp3) is 0.235. The molecule has 0 bridgehead atoms. The monoisotopic (exact) mass is 342 g/mol. The quantitative estimate of drug-likeness (QED) is 0.731. The molecule has 0 saturated carbocycles. The molecule has 4 rings (SSSR count). The predicted octanol–water partition coefficient (Wildman–Crippen LogP) is 3.44. The molecule has 1 amide bonds. The molecule has 2 aromatic heterocycles. The Morgan fingerprint density at radius 1 is 1.29 bits per heavy atom. The van der Waals surface area contributed by atoms with Crippen molar-refractivity contribution in [2.75, 3.05) is 4.90 Å². The van der Waals surface area contributed by atoms with Crippen molar-refractivity contribution in [2.24, 2.45) is 0 Å². The summed E-state index contributed by atoms with van der Waals surface area (Å²) in [5, 5.41) is 4.81. The van der Waals surface area contributed by atoms with Gasteiger partial charge in [0, 0.05) is 12.5 Å². The van der Waals surface area contributed by atoms with Gasteiger partial charge in [-0.2, -0.15) is 5.10 Å². The zero-order valence-electron chi connectivity index (χ0n) is 13.1. The van der Waals surface area contributed by atoms with E-state index >= 15 is 0 Å². The van der Waals surface area contributed by atoms with Crippen molar-refractivity contribution in [1.82, 2.24) is 14.8 Å². The fourth-order valence-corrected chi connectivity index (χ4v) is 3.05. The normalized spacial score (nSPS) is 14.1. The smallest absolute Gasteiger partial charge is 0.230 e. The van der Waals surface area contributed by atoms with Gasteiger partial charge in [0.1, 0.15) is 17.3 Å². The number of aromatic nitrogens is 3. The van der Waals surface area contributed by atoms with Gasteiger partial charge in [-0.15, -0.1) is 0 Å². The maximum Gasteiger partial charge on any atom is 0.230 e. The van der Waals surface area contributed by atoms with Crippen molar-refractivity contribution in [3.8, 4) is 11.5 Å². The van der Waals surface area contributed by atoms with E-state index < -0.39 is 0 Å². The number of rotatable bonds is 3. The van der Waals surface area contributed by atoms with Crippen LogP contribution in [0.5, 0.6) is 0 Å². The molecule has 1 aromatic carbocycles. The third kappa shape index (κ3) is 2.49. The third-order valence-electron chi connectivity index (χ3n) is 4.11. The summed E-state index contributed by atoms with van der Waals surface area (Å²) < 4.78 is 7.60. The van der Waals surface area contributed by atoms with E-state index in [-0.39, 0.29) is 5.91 Å². The summed E-state index contributed by atoms with van der Waals surface area (Å²) in [6, 6.07) is 9.23. The van der Waals surface area contributed by atoms with Crippen molar-refractivity contribution < 1.29 is 9.21 Å². The summed E-state index contributed by atoms with van der Waals surface area (Å²) in [6.45, 7) is 2.80. The highest BCUT2D eigenvalue weighted by Crippen LogP contribution is 2.30. The van der Waals surface area contributed by atoms with Gasteiger partial charge in [-0.05, 0) is 19.1 Å². The van der Waals surface area contributed by atoms with E-state index in [0.29, 0.717) is 41.9 Å². The number of oxazole rings is 1. The second-order valence-corrected chi connectivity index (χ2v) is 6.05. The first-order valence-electron chi connectivity index (χ1n) is 7.67. The molecule has 1 aliphatic rings. The van der Waals surface area contributed by atoms with Crippen LogP contribution in [0, 0.1) is 6.92 Å². The zero-order valence-corrected chi connectivity index (χ0v) is 13.8. The minimum Gasteiger partial charge on any atom is -0.441 e. The Balaban J connectivity index is 1.67. The van der Waals surface area contributed by atoms with Gasteiger partial charge >= 0.3 is 0 Å². The summed E-state index contributed by atoms with van der Waals surface area (Å²) in [7, 11) is 0. The Kier molecular flexibility index (Phi) is 3.61. The molecule has 3 aromatic rings. The SMILES string of the molecule is Cc1oc(-c2ccccc2Cl)nc1CN1C(=O)CCn2nccc21.